The summed E-state index contributed by atoms with van der Waals surface area (Å²) in [5.41, 5.74) is 10.6. The van der Waals surface area contributed by atoms with Gasteiger partial charge in [0.2, 0.25) is 0 Å². The lowest BCUT2D eigenvalue weighted by Gasteiger charge is -2.19. The number of fused-ring (bicyclic) bond motifs is 1. The Hall–Kier alpha value is -2.29. The van der Waals surface area contributed by atoms with Crippen molar-refractivity contribution in [1.82, 2.24) is 0 Å². The number of hydrogen-bond acceptors (Lipinski definition) is 2. The number of carbonyl (C=O) groups excluding carboxylic acids is 1. The molecule has 3 rings (SSSR count). The first-order chi connectivity index (χ1) is 9.70. The Morgan fingerprint density at radius 1 is 1.25 bits per heavy atom. The van der Waals surface area contributed by atoms with Crippen molar-refractivity contribution in [2.75, 3.05) is 17.2 Å². The number of rotatable bonds is 2. The maximum absolute atomic E-state index is 12.8. The first kappa shape index (κ1) is 12.7. The average Bonchev–Trinajstić information content (AvgIpc) is 2.89. The van der Waals surface area contributed by atoms with E-state index >= 15 is 0 Å². The fourth-order valence-electron chi connectivity index (χ4n) is 2.82. The number of aryl methyl sites for hydroxylation is 1. The van der Waals surface area contributed by atoms with Crippen LogP contribution in [-0.2, 0) is 12.8 Å². The zero-order valence-electron chi connectivity index (χ0n) is 11.6. The van der Waals surface area contributed by atoms with Gasteiger partial charge in [0, 0.05) is 23.5 Å². The Balaban J connectivity index is 1.98. The van der Waals surface area contributed by atoms with Gasteiger partial charge in [-0.15, -0.1) is 0 Å². The molecule has 0 saturated carbocycles. The standard InChI is InChI=1S/C17H18N2O/c1-2-12-5-3-4-6-15(12)17(20)19-10-9-13-11-14(18)7-8-16(13)19/h3-8,11H,2,9-10,18H2,1H3. The van der Waals surface area contributed by atoms with Gasteiger partial charge in [0.25, 0.3) is 5.91 Å². The normalized spacial score (nSPS) is 13.3. The number of nitrogens with zero attached hydrogens (tertiary/aromatic N) is 1. The van der Waals surface area contributed by atoms with Crippen molar-refractivity contribution in [2.45, 2.75) is 19.8 Å². The van der Waals surface area contributed by atoms with E-state index in [0.717, 1.165) is 47.5 Å². The van der Waals surface area contributed by atoms with E-state index in [9.17, 15) is 4.79 Å². The summed E-state index contributed by atoms with van der Waals surface area (Å²) < 4.78 is 0. The molecule has 1 aliphatic rings. The van der Waals surface area contributed by atoms with Crippen molar-refractivity contribution in [3.8, 4) is 0 Å². The highest BCUT2D eigenvalue weighted by Crippen LogP contribution is 2.31. The Kier molecular flexibility index (Phi) is 3.18. The van der Waals surface area contributed by atoms with Crippen LogP contribution in [-0.4, -0.2) is 12.5 Å². The molecule has 0 atom stereocenters. The third kappa shape index (κ3) is 2.05. The molecule has 0 radical (unpaired) electrons. The molecule has 0 aromatic heterocycles. The summed E-state index contributed by atoms with van der Waals surface area (Å²) in [4.78, 5) is 14.6. The van der Waals surface area contributed by atoms with Crippen LogP contribution in [0.15, 0.2) is 42.5 Å². The van der Waals surface area contributed by atoms with Gasteiger partial charge < -0.3 is 10.6 Å². The van der Waals surface area contributed by atoms with Crippen molar-refractivity contribution in [1.29, 1.82) is 0 Å². The van der Waals surface area contributed by atoms with Crippen LogP contribution < -0.4 is 10.6 Å². The van der Waals surface area contributed by atoms with Crippen LogP contribution in [0.2, 0.25) is 0 Å². The minimum atomic E-state index is 0.0889. The number of hydrogen-bond donors (Lipinski definition) is 1. The average molecular weight is 266 g/mol. The van der Waals surface area contributed by atoms with Gasteiger partial charge in [-0.3, -0.25) is 4.79 Å². The van der Waals surface area contributed by atoms with E-state index in [1.807, 2.05) is 47.4 Å². The predicted molar refractivity (Wildman–Crippen MR) is 82.1 cm³/mol. The number of carbonyl (C=O) groups is 1. The third-order valence-electron chi connectivity index (χ3n) is 3.87. The first-order valence-electron chi connectivity index (χ1n) is 6.99. The summed E-state index contributed by atoms with van der Waals surface area (Å²) in [5, 5.41) is 0. The lowest BCUT2D eigenvalue weighted by Crippen LogP contribution is -2.29. The predicted octanol–water partition coefficient (Wildman–Crippen LogP) is 3.03. The molecule has 0 aliphatic carbocycles. The van der Waals surface area contributed by atoms with Crippen LogP contribution in [0.4, 0.5) is 11.4 Å². The molecule has 2 aromatic carbocycles. The highest BCUT2D eigenvalue weighted by molar-refractivity contribution is 6.08. The zero-order chi connectivity index (χ0) is 14.1. The molecule has 20 heavy (non-hydrogen) atoms. The molecular formula is C17H18N2O. The smallest absolute Gasteiger partial charge is 0.258 e. The molecule has 1 heterocycles. The van der Waals surface area contributed by atoms with E-state index in [1.54, 1.807) is 0 Å². The molecule has 1 aliphatic heterocycles. The molecule has 0 fully saturated rings. The SMILES string of the molecule is CCc1ccccc1C(=O)N1CCc2cc(N)ccc21. The monoisotopic (exact) mass is 266 g/mol. The van der Waals surface area contributed by atoms with E-state index in [2.05, 4.69) is 6.92 Å². The summed E-state index contributed by atoms with van der Waals surface area (Å²) in [6, 6.07) is 13.6. The Morgan fingerprint density at radius 3 is 2.85 bits per heavy atom. The van der Waals surface area contributed by atoms with Gasteiger partial charge in [-0.05, 0) is 48.2 Å². The van der Waals surface area contributed by atoms with Crippen molar-refractivity contribution in [3.63, 3.8) is 0 Å². The Morgan fingerprint density at radius 2 is 2.05 bits per heavy atom. The van der Waals surface area contributed by atoms with Gasteiger partial charge in [-0.1, -0.05) is 25.1 Å². The van der Waals surface area contributed by atoms with Gasteiger partial charge in [0.15, 0.2) is 0 Å². The van der Waals surface area contributed by atoms with Crippen molar-refractivity contribution < 1.29 is 4.79 Å². The van der Waals surface area contributed by atoms with Crippen molar-refractivity contribution in [2.24, 2.45) is 0 Å². The lowest BCUT2D eigenvalue weighted by molar-refractivity contribution is 0.0988. The van der Waals surface area contributed by atoms with Gasteiger partial charge in [0.05, 0.1) is 0 Å². The Bertz CT molecular complexity index is 664. The van der Waals surface area contributed by atoms with Gasteiger partial charge in [0.1, 0.15) is 0 Å². The van der Waals surface area contributed by atoms with E-state index < -0.39 is 0 Å². The van der Waals surface area contributed by atoms with Gasteiger partial charge >= 0.3 is 0 Å². The molecule has 3 heteroatoms. The topological polar surface area (TPSA) is 46.3 Å². The van der Waals surface area contributed by atoms with E-state index in [0.29, 0.717) is 0 Å². The molecule has 102 valence electrons. The molecule has 2 aromatic rings. The number of amides is 1. The minimum absolute atomic E-state index is 0.0889. The quantitative estimate of drug-likeness (QED) is 0.849. The number of nitrogen functional groups attached to an aromatic ring is 1. The largest absolute Gasteiger partial charge is 0.399 e. The summed E-state index contributed by atoms with van der Waals surface area (Å²) >= 11 is 0. The maximum atomic E-state index is 12.8. The number of benzene rings is 2. The van der Waals surface area contributed by atoms with Crippen molar-refractivity contribution >= 4 is 17.3 Å². The summed E-state index contributed by atoms with van der Waals surface area (Å²) in [6.07, 6.45) is 1.74. The zero-order valence-corrected chi connectivity index (χ0v) is 11.6. The fourth-order valence-corrected chi connectivity index (χ4v) is 2.82. The highest BCUT2D eigenvalue weighted by Gasteiger charge is 2.26. The van der Waals surface area contributed by atoms with Crippen LogP contribution in [0.5, 0.6) is 0 Å². The number of anilines is 2. The van der Waals surface area contributed by atoms with E-state index in [-0.39, 0.29) is 5.91 Å². The van der Waals surface area contributed by atoms with Crippen molar-refractivity contribution in [3.05, 3.63) is 59.2 Å². The second-order valence-corrected chi connectivity index (χ2v) is 5.11. The molecule has 0 saturated heterocycles. The number of nitrogens with two attached hydrogens (primary N) is 1. The third-order valence-corrected chi connectivity index (χ3v) is 3.87. The highest BCUT2D eigenvalue weighted by atomic mass is 16.2. The fraction of sp³-hybridized carbons (Fsp3) is 0.235. The molecule has 2 N–H and O–H groups in total. The molecule has 1 amide bonds. The minimum Gasteiger partial charge on any atom is -0.399 e. The van der Waals surface area contributed by atoms with Crippen LogP contribution in [0, 0.1) is 0 Å². The van der Waals surface area contributed by atoms with E-state index in [1.165, 1.54) is 0 Å². The van der Waals surface area contributed by atoms with Crippen LogP contribution >= 0.6 is 0 Å². The summed E-state index contributed by atoms with van der Waals surface area (Å²) in [5.74, 6) is 0.0889. The maximum Gasteiger partial charge on any atom is 0.258 e. The van der Waals surface area contributed by atoms with E-state index in [4.69, 9.17) is 5.73 Å². The lowest BCUT2D eigenvalue weighted by atomic mass is 10.0. The first-order valence-corrected chi connectivity index (χ1v) is 6.99. The van der Waals surface area contributed by atoms with Crippen LogP contribution in [0.3, 0.4) is 0 Å². The molecule has 0 bridgehead atoms. The molecular weight excluding hydrogens is 248 g/mol. The molecule has 0 spiro atoms. The molecule has 3 nitrogen and oxygen atoms in total. The summed E-state index contributed by atoms with van der Waals surface area (Å²) in [6.45, 7) is 2.81. The molecule has 0 unspecified atom stereocenters. The van der Waals surface area contributed by atoms with Crippen LogP contribution in [0.25, 0.3) is 0 Å². The second kappa shape index (κ2) is 5.00. The van der Waals surface area contributed by atoms with Crippen LogP contribution in [0.1, 0.15) is 28.4 Å². The van der Waals surface area contributed by atoms with Gasteiger partial charge in [-0.2, -0.15) is 0 Å². The second-order valence-electron chi connectivity index (χ2n) is 5.11. The summed E-state index contributed by atoms with van der Waals surface area (Å²) in [7, 11) is 0. The Labute approximate surface area is 119 Å². The van der Waals surface area contributed by atoms with Gasteiger partial charge in [-0.25, -0.2) is 0 Å².